The van der Waals surface area contributed by atoms with Crippen LogP contribution in [0.3, 0.4) is 0 Å². The highest BCUT2D eigenvalue weighted by Gasteiger charge is 2.18. The van der Waals surface area contributed by atoms with Crippen LogP contribution in [-0.4, -0.2) is 22.5 Å². The van der Waals surface area contributed by atoms with Crippen molar-refractivity contribution in [3.05, 3.63) is 72.4 Å². The first-order chi connectivity index (χ1) is 13.0. The molecular weight excluding hydrogens is 366 g/mol. The van der Waals surface area contributed by atoms with Crippen molar-refractivity contribution >= 4 is 29.2 Å². The summed E-state index contributed by atoms with van der Waals surface area (Å²) in [6.45, 7) is 3.92. The van der Waals surface area contributed by atoms with E-state index in [2.05, 4.69) is 27.2 Å². The predicted molar refractivity (Wildman–Crippen MR) is 108 cm³/mol. The number of nitrogens with zero attached hydrogens (tertiary/aromatic N) is 2. The smallest absolute Gasteiger partial charge is 0.159 e. The van der Waals surface area contributed by atoms with Crippen LogP contribution in [0.5, 0.6) is 0 Å². The Balaban J connectivity index is 2.33. The van der Waals surface area contributed by atoms with E-state index < -0.39 is 11.6 Å². The van der Waals surface area contributed by atoms with Gasteiger partial charge in [0.1, 0.15) is 17.3 Å². The molecule has 27 heavy (non-hydrogen) atoms. The van der Waals surface area contributed by atoms with Gasteiger partial charge in [-0.2, -0.15) is 0 Å². The molecule has 0 atom stereocenters. The van der Waals surface area contributed by atoms with E-state index in [4.69, 9.17) is 12.2 Å². The highest BCUT2D eigenvalue weighted by Crippen LogP contribution is 2.33. The molecule has 7 heteroatoms. The molecule has 0 bridgehead atoms. The second kappa shape index (κ2) is 8.01. The SMILES string of the molecule is C=C(NC)c1nc(-c2cccc(F)c2)c(-c2cccc(F)c2)nc1NC=S. The fourth-order valence-electron chi connectivity index (χ4n) is 2.59. The molecule has 0 unspecified atom stereocenters. The van der Waals surface area contributed by atoms with Gasteiger partial charge in [-0.1, -0.05) is 43.1 Å². The second-order valence-corrected chi connectivity index (χ2v) is 5.87. The van der Waals surface area contributed by atoms with Crippen LogP contribution in [0.15, 0.2) is 55.1 Å². The molecule has 2 aromatic carbocycles. The molecule has 3 rings (SSSR count). The van der Waals surface area contributed by atoms with Crippen LogP contribution in [0.2, 0.25) is 0 Å². The van der Waals surface area contributed by atoms with E-state index in [0.29, 0.717) is 39.7 Å². The molecule has 0 fully saturated rings. The minimum absolute atomic E-state index is 0.365. The molecule has 1 aromatic heterocycles. The van der Waals surface area contributed by atoms with Crippen LogP contribution >= 0.6 is 12.2 Å². The molecular formula is C20H16F2N4S. The molecule has 1 heterocycles. The van der Waals surface area contributed by atoms with Crippen molar-refractivity contribution in [1.29, 1.82) is 0 Å². The Morgan fingerprint density at radius 1 is 1.00 bits per heavy atom. The van der Waals surface area contributed by atoms with Crippen molar-refractivity contribution in [2.45, 2.75) is 0 Å². The Labute approximate surface area is 161 Å². The summed E-state index contributed by atoms with van der Waals surface area (Å²) in [6.07, 6.45) is 0. The van der Waals surface area contributed by atoms with Crippen LogP contribution in [-0.2, 0) is 0 Å². The van der Waals surface area contributed by atoms with Gasteiger partial charge in [-0.05, 0) is 24.3 Å². The van der Waals surface area contributed by atoms with Gasteiger partial charge in [0, 0.05) is 18.2 Å². The van der Waals surface area contributed by atoms with Crippen LogP contribution in [0.1, 0.15) is 5.69 Å². The summed E-state index contributed by atoms with van der Waals surface area (Å²) >= 11 is 4.88. The summed E-state index contributed by atoms with van der Waals surface area (Å²) in [5.41, 5.74) is 4.06. The Morgan fingerprint density at radius 3 is 2.04 bits per heavy atom. The van der Waals surface area contributed by atoms with Crippen LogP contribution in [0.25, 0.3) is 28.2 Å². The first-order valence-electron chi connectivity index (χ1n) is 8.04. The fourth-order valence-corrected chi connectivity index (χ4v) is 2.71. The molecule has 0 aliphatic carbocycles. The Bertz CT molecular complexity index is 1020. The molecule has 0 saturated carbocycles. The Kier molecular flexibility index (Phi) is 5.52. The van der Waals surface area contributed by atoms with E-state index in [1.54, 1.807) is 31.3 Å². The van der Waals surface area contributed by atoms with E-state index in [1.165, 1.54) is 29.8 Å². The molecule has 0 saturated heterocycles. The number of rotatable bonds is 6. The van der Waals surface area contributed by atoms with Gasteiger partial charge in [0.05, 0.1) is 22.6 Å². The lowest BCUT2D eigenvalue weighted by atomic mass is 10.0. The van der Waals surface area contributed by atoms with E-state index in [9.17, 15) is 8.78 Å². The quantitative estimate of drug-likeness (QED) is 0.608. The predicted octanol–water partition coefficient (Wildman–Crippen LogP) is 4.65. The lowest BCUT2D eigenvalue weighted by Crippen LogP contribution is -2.12. The Morgan fingerprint density at radius 2 is 1.56 bits per heavy atom. The van der Waals surface area contributed by atoms with E-state index in [0.717, 1.165) is 0 Å². The molecule has 0 aliphatic rings. The third-order valence-electron chi connectivity index (χ3n) is 3.88. The lowest BCUT2D eigenvalue weighted by Gasteiger charge is -2.16. The summed E-state index contributed by atoms with van der Waals surface area (Å²) in [5.74, 6) is -0.453. The van der Waals surface area contributed by atoms with Gasteiger partial charge in [0.15, 0.2) is 5.82 Å². The summed E-state index contributed by atoms with van der Waals surface area (Å²) < 4.78 is 27.6. The molecule has 136 valence electrons. The minimum atomic E-state index is -0.410. The van der Waals surface area contributed by atoms with Gasteiger partial charge < -0.3 is 10.6 Å². The normalized spacial score (nSPS) is 10.3. The van der Waals surface area contributed by atoms with Crippen molar-refractivity contribution in [2.24, 2.45) is 0 Å². The summed E-state index contributed by atoms with van der Waals surface area (Å²) in [4.78, 5) is 9.22. The van der Waals surface area contributed by atoms with Gasteiger partial charge in [0.2, 0.25) is 0 Å². The van der Waals surface area contributed by atoms with E-state index >= 15 is 0 Å². The van der Waals surface area contributed by atoms with Crippen molar-refractivity contribution in [3.8, 4) is 22.5 Å². The number of thiocarbonyl (C=S) groups is 1. The maximum atomic E-state index is 13.8. The maximum absolute atomic E-state index is 13.8. The van der Waals surface area contributed by atoms with Crippen molar-refractivity contribution < 1.29 is 8.78 Å². The number of hydrogen-bond acceptors (Lipinski definition) is 4. The topological polar surface area (TPSA) is 49.8 Å². The van der Waals surface area contributed by atoms with Crippen LogP contribution < -0.4 is 10.6 Å². The van der Waals surface area contributed by atoms with Crippen LogP contribution in [0.4, 0.5) is 14.6 Å². The number of halogens is 2. The van der Waals surface area contributed by atoms with Crippen LogP contribution in [0, 0.1) is 11.6 Å². The monoisotopic (exact) mass is 382 g/mol. The fraction of sp³-hybridized carbons (Fsp3) is 0.0500. The van der Waals surface area contributed by atoms with Gasteiger partial charge in [-0.25, -0.2) is 18.7 Å². The molecule has 3 aromatic rings. The second-order valence-electron chi connectivity index (χ2n) is 5.63. The highest BCUT2D eigenvalue weighted by molar-refractivity contribution is 7.79. The average molecular weight is 382 g/mol. The maximum Gasteiger partial charge on any atom is 0.159 e. The van der Waals surface area contributed by atoms with Crippen molar-refractivity contribution in [2.75, 3.05) is 12.4 Å². The zero-order valence-corrected chi connectivity index (χ0v) is 15.3. The van der Waals surface area contributed by atoms with Gasteiger partial charge in [-0.15, -0.1) is 0 Å². The molecule has 0 aliphatic heterocycles. The number of anilines is 1. The zero-order chi connectivity index (χ0) is 19.4. The van der Waals surface area contributed by atoms with Gasteiger partial charge in [0.25, 0.3) is 0 Å². The Hall–Kier alpha value is -3.19. The molecule has 0 amide bonds. The molecule has 4 nitrogen and oxygen atoms in total. The summed E-state index contributed by atoms with van der Waals surface area (Å²) in [6, 6.07) is 12.0. The van der Waals surface area contributed by atoms with E-state index in [1.807, 2.05) is 0 Å². The number of aromatic nitrogens is 2. The van der Waals surface area contributed by atoms with Gasteiger partial charge >= 0.3 is 0 Å². The number of benzene rings is 2. The first-order valence-corrected chi connectivity index (χ1v) is 8.51. The van der Waals surface area contributed by atoms with E-state index in [-0.39, 0.29) is 0 Å². The average Bonchev–Trinajstić information content (AvgIpc) is 2.67. The third-order valence-corrected chi connectivity index (χ3v) is 3.99. The van der Waals surface area contributed by atoms with Gasteiger partial charge in [-0.3, -0.25) is 0 Å². The number of hydrogen-bond donors (Lipinski definition) is 2. The summed E-state index contributed by atoms with van der Waals surface area (Å²) in [7, 11) is 1.70. The minimum Gasteiger partial charge on any atom is -0.387 e. The number of nitrogens with one attached hydrogen (secondary N) is 2. The standard InChI is InChI=1S/C20H16F2N4S/c1-12(23-2)17-20(24-11-27)26-19(14-6-4-8-16(22)10-14)18(25-17)13-5-3-7-15(21)9-13/h3-11,23H,1H2,2H3,(H,24,26,27). The molecule has 0 radical (unpaired) electrons. The van der Waals surface area contributed by atoms with Crippen molar-refractivity contribution in [3.63, 3.8) is 0 Å². The van der Waals surface area contributed by atoms with Crippen molar-refractivity contribution in [1.82, 2.24) is 15.3 Å². The highest BCUT2D eigenvalue weighted by atomic mass is 32.1. The zero-order valence-electron chi connectivity index (χ0n) is 14.5. The largest absolute Gasteiger partial charge is 0.387 e. The molecule has 0 spiro atoms. The third kappa shape index (κ3) is 3.98. The first kappa shape index (κ1) is 18.6. The summed E-state index contributed by atoms with van der Waals surface area (Å²) in [5, 5.41) is 5.77. The molecule has 2 N–H and O–H groups in total. The lowest BCUT2D eigenvalue weighted by molar-refractivity contribution is 0.627.